The van der Waals surface area contributed by atoms with E-state index in [9.17, 15) is 19.5 Å². The van der Waals surface area contributed by atoms with Gasteiger partial charge in [0.15, 0.2) is 0 Å². The molecule has 0 aliphatic rings. The predicted octanol–water partition coefficient (Wildman–Crippen LogP) is 6.47. The van der Waals surface area contributed by atoms with Crippen LogP contribution in [0.3, 0.4) is 0 Å². The van der Waals surface area contributed by atoms with Gasteiger partial charge in [-0.1, -0.05) is 50.2 Å². The lowest BCUT2D eigenvalue weighted by atomic mass is 9.95. The summed E-state index contributed by atoms with van der Waals surface area (Å²) in [5.74, 6) is -0.682. The average Bonchev–Trinajstić information content (AvgIpc) is 2.87. The van der Waals surface area contributed by atoms with Crippen molar-refractivity contribution < 1.29 is 24.2 Å². The van der Waals surface area contributed by atoms with Crippen LogP contribution < -0.4 is 10.6 Å². The summed E-state index contributed by atoms with van der Waals surface area (Å²) in [6, 6.07) is 8.19. The largest absolute Gasteiger partial charge is 0.507 e. The van der Waals surface area contributed by atoms with Crippen molar-refractivity contribution in [2.45, 2.75) is 98.9 Å². The fourth-order valence-corrected chi connectivity index (χ4v) is 4.90. The molecule has 3 atom stereocenters. The van der Waals surface area contributed by atoms with Crippen molar-refractivity contribution in [3.05, 3.63) is 58.7 Å². The highest BCUT2D eigenvalue weighted by atomic mass is 32.1. The molecule has 0 fully saturated rings. The zero-order valence-corrected chi connectivity index (χ0v) is 26.8. The number of ether oxygens (including phenoxy) is 1. The van der Waals surface area contributed by atoms with E-state index in [4.69, 9.17) is 4.74 Å². The number of aromatic hydroxyl groups is 1. The van der Waals surface area contributed by atoms with Gasteiger partial charge >= 0.3 is 6.09 Å². The van der Waals surface area contributed by atoms with Gasteiger partial charge in [-0.05, 0) is 83.9 Å². The van der Waals surface area contributed by atoms with E-state index >= 15 is 0 Å². The van der Waals surface area contributed by atoms with Crippen LogP contribution in [0.25, 0.3) is 0 Å². The van der Waals surface area contributed by atoms with Gasteiger partial charge in [-0.25, -0.2) is 4.79 Å². The Morgan fingerprint density at radius 3 is 2.05 bits per heavy atom. The minimum Gasteiger partial charge on any atom is -0.507 e. The number of para-hydroxylation sites is 2. The van der Waals surface area contributed by atoms with Crippen LogP contribution in [-0.2, 0) is 14.3 Å². The van der Waals surface area contributed by atoms with Crippen molar-refractivity contribution >= 4 is 36.2 Å². The number of hydrogen-bond acceptors (Lipinski definition) is 6. The second kappa shape index (κ2) is 14.6. The maximum Gasteiger partial charge on any atom is 0.408 e. The molecule has 2 rings (SSSR count). The lowest BCUT2D eigenvalue weighted by Gasteiger charge is -2.39. The van der Waals surface area contributed by atoms with Crippen LogP contribution in [0.4, 0.5) is 10.5 Å². The fourth-order valence-electron chi connectivity index (χ4n) is 4.65. The Morgan fingerprint density at radius 2 is 1.51 bits per heavy atom. The van der Waals surface area contributed by atoms with E-state index in [1.54, 1.807) is 45.9 Å². The van der Waals surface area contributed by atoms with Crippen LogP contribution in [0.1, 0.15) is 82.7 Å². The highest BCUT2D eigenvalue weighted by molar-refractivity contribution is 7.80. The third kappa shape index (κ3) is 9.42. The van der Waals surface area contributed by atoms with Crippen molar-refractivity contribution in [1.82, 2.24) is 10.2 Å². The van der Waals surface area contributed by atoms with Gasteiger partial charge in [0.05, 0.1) is 0 Å². The maximum absolute atomic E-state index is 14.3. The molecule has 0 spiro atoms. The first-order valence-corrected chi connectivity index (χ1v) is 14.8. The summed E-state index contributed by atoms with van der Waals surface area (Å²) in [6.45, 7) is 16.8. The summed E-state index contributed by atoms with van der Waals surface area (Å²) in [5.41, 5.74) is 2.50. The summed E-state index contributed by atoms with van der Waals surface area (Å²) in [7, 11) is 0. The Balaban J connectivity index is 2.68. The van der Waals surface area contributed by atoms with Crippen molar-refractivity contribution in [2.24, 2.45) is 5.92 Å². The lowest BCUT2D eigenvalue weighted by Crippen LogP contribution is -2.55. The Labute approximate surface area is 250 Å². The number of aryl methyl sites for hydroxylation is 3. The predicted molar refractivity (Wildman–Crippen MR) is 168 cm³/mol. The highest BCUT2D eigenvalue weighted by Gasteiger charge is 2.40. The number of amides is 3. The minimum absolute atomic E-state index is 0.0173. The number of rotatable bonds is 11. The molecule has 0 radical (unpaired) electrons. The maximum atomic E-state index is 14.3. The molecule has 0 aliphatic heterocycles. The number of phenols is 1. The Kier molecular flexibility index (Phi) is 12.1. The van der Waals surface area contributed by atoms with Gasteiger partial charge in [0.25, 0.3) is 5.91 Å². The van der Waals surface area contributed by atoms with E-state index in [0.717, 1.165) is 17.5 Å². The van der Waals surface area contributed by atoms with Gasteiger partial charge < -0.3 is 25.4 Å². The molecule has 0 bridgehead atoms. The molecule has 3 unspecified atom stereocenters. The Bertz CT molecular complexity index is 1200. The summed E-state index contributed by atoms with van der Waals surface area (Å²) in [6.07, 6.45) is 0.658. The van der Waals surface area contributed by atoms with E-state index in [-0.39, 0.29) is 11.5 Å². The highest BCUT2D eigenvalue weighted by Crippen LogP contribution is 2.35. The second-order valence-corrected chi connectivity index (χ2v) is 12.5. The van der Waals surface area contributed by atoms with Crippen LogP contribution in [0.15, 0.2) is 36.4 Å². The number of phenolic OH excluding ortho intramolecular Hbond substituents is 1. The summed E-state index contributed by atoms with van der Waals surface area (Å²) in [5, 5.41) is 16.8. The topological polar surface area (TPSA) is 108 Å². The first kappa shape index (κ1) is 34.0. The molecule has 2 aromatic rings. The fraction of sp³-hybridized carbons (Fsp3) is 0.531. The van der Waals surface area contributed by atoms with Crippen LogP contribution in [0.5, 0.6) is 5.75 Å². The van der Waals surface area contributed by atoms with E-state index < -0.39 is 41.6 Å². The van der Waals surface area contributed by atoms with Crippen LogP contribution in [-0.4, -0.2) is 51.4 Å². The SMILES string of the molecule is Cc1cccc(C(C(=O)Nc2c(C)cccc2C)N(C(=O)C(CS)NC(=O)OC(C)(C)C)C(C)CCC(C)C)c1O. The van der Waals surface area contributed by atoms with Gasteiger partial charge in [-0.15, -0.1) is 0 Å². The number of carbonyl (C=O) groups is 3. The first-order valence-electron chi connectivity index (χ1n) is 14.1. The normalized spacial score (nSPS) is 13.7. The molecule has 0 heterocycles. The minimum atomic E-state index is -1.19. The van der Waals surface area contributed by atoms with E-state index in [2.05, 4.69) is 37.1 Å². The van der Waals surface area contributed by atoms with Crippen LogP contribution in [0, 0.1) is 26.7 Å². The number of hydrogen-bond donors (Lipinski definition) is 4. The second-order valence-electron chi connectivity index (χ2n) is 12.1. The molecule has 3 amide bonds. The number of alkyl carbamates (subject to hydrolysis) is 1. The van der Waals surface area contributed by atoms with Crippen molar-refractivity contribution in [2.75, 3.05) is 11.1 Å². The summed E-state index contributed by atoms with van der Waals surface area (Å²) in [4.78, 5) is 42.7. The number of thiol groups is 1. The Hall–Kier alpha value is -3.20. The lowest BCUT2D eigenvalue weighted by molar-refractivity contribution is -0.143. The monoisotopic (exact) mass is 585 g/mol. The molecule has 0 aliphatic carbocycles. The van der Waals surface area contributed by atoms with Crippen LogP contribution in [0.2, 0.25) is 0 Å². The third-order valence-corrected chi connectivity index (χ3v) is 7.25. The summed E-state index contributed by atoms with van der Waals surface area (Å²) >= 11 is 4.37. The van der Waals surface area contributed by atoms with Gasteiger partial charge in [0, 0.05) is 23.0 Å². The van der Waals surface area contributed by atoms with E-state index in [1.165, 1.54) is 4.90 Å². The molecule has 226 valence electrons. The summed E-state index contributed by atoms with van der Waals surface area (Å²) < 4.78 is 5.40. The molecular weight excluding hydrogens is 538 g/mol. The van der Waals surface area contributed by atoms with Crippen molar-refractivity contribution in [3.63, 3.8) is 0 Å². The molecule has 3 N–H and O–H groups in total. The zero-order valence-electron chi connectivity index (χ0n) is 25.9. The van der Waals surface area contributed by atoms with Gasteiger partial charge in [-0.2, -0.15) is 12.6 Å². The number of anilines is 1. The first-order chi connectivity index (χ1) is 19.1. The quantitative estimate of drug-likeness (QED) is 0.226. The molecule has 0 aromatic heterocycles. The number of nitrogens with one attached hydrogen (secondary N) is 2. The third-order valence-electron chi connectivity index (χ3n) is 6.88. The van der Waals surface area contributed by atoms with Crippen molar-refractivity contribution in [1.29, 1.82) is 0 Å². The van der Waals surface area contributed by atoms with Gasteiger partial charge in [0.2, 0.25) is 5.91 Å². The molecule has 0 saturated carbocycles. The number of nitrogens with zero attached hydrogens (tertiary/aromatic N) is 1. The smallest absolute Gasteiger partial charge is 0.408 e. The molecule has 0 saturated heterocycles. The average molecular weight is 586 g/mol. The van der Waals surface area contributed by atoms with E-state index in [0.29, 0.717) is 29.2 Å². The van der Waals surface area contributed by atoms with E-state index in [1.807, 2.05) is 39.0 Å². The van der Waals surface area contributed by atoms with Crippen molar-refractivity contribution in [3.8, 4) is 5.75 Å². The molecular formula is C32H47N3O5S. The standard InChI is InChI=1S/C32H47N3O5S/c1-19(2)16-17-23(6)35(30(38)25(18-41)33-31(39)40-32(7,8)9)27(24-15-11-14-22(5)28(24)36)29(37)34-26-20(3)12-10-13-21(26)4/h10-15,19,23,25,27,36,41H,16-18H2,1-9H3,(H,33,39)(H,34,37). The van der Waals surface area contributed by atoms with Gasteiger partial charge in [0.1, 0.15) is 23.4 Å². The molecule has 41 heavy (non-hydrogen) atoms. The number of carbonyl (C=O) groups excluding carboxylic acids is 3. The number of benzene rings is 2. The Morgan fingerprint density at radius 1 is 0.951 bits per heavy atom. The molecule has 2 aromatic carbocycles. The van der Waals surface area contributed by atoms with Gasteiger partial charge in [-0.3, -0.25) is 9.59 Å². The molecule has 8 nitrogen and oxygen atoms in total. The molecule has 9 heteroatoms. The van der Waals surface area contributed by atoms with Crippen LogP contribution >= 0.6 is 12.6 Å². The zero-order chi connectivity index (χ0) is 31.1.